The second-order valence-electron chi connectivity index (χ2n) is 7.16. The zero-order chi connectivity index (χ0) is 22.1. The lowest BCUT2D eigenvalue weighted by Gasteiger charge is -2.38. The molecule has 1 aliphatic heterocycles. The summed E-state index contributed by atoms with van der Waals surface area (Å²) in [4.78, 5) is 22.4. The van der Waals surface area contributed by atoms with Gasteiger partial charge in [0.05, 0.1) is 17.0 Å². The minimum absolute atomic E-state index is 0.0756. The number of carbonyl (C=O) groups excluding carboxylic acids is 1. The van der Waals surface area contributed by atoms with Gasteiger partial charge in [-0.15, -0.1) is 0 Å². The van der Waals surface area contributed by atoms with Crippen LogP contribution in [-0.2, 0) is 19.6 Å². The van der Waals surface area contributed by atoms with Gasteiger partial charge in [-0.2, -0.15) is 9.71 Å². The van der Waals surface area contributed by atoms with Crippen molar-refractivity contribution in [2.45, 2.75) is 23.3 Å². The Morgan fingerprint density at radius 2 is 1.97 bits per heavy atom. The standard InChI is InChI=1S/C18H23ClN6O4S/c1-25-7-5-18(6-8-25,16(26)29-2)24-30(27,28)11-3-4-12-13(9-11)15(23-17(20)21)22-10-14(12)19/h3-4,9-10,24H,5-8H2,1-2H3,(H4,20,21,22,23). The number of pyridine rings is 1. The van der Waals surface area contributed by atoms with Gasteiger partial charge < -0.3 is 21.1 Å². The fourth-order valence-electron chi connectivity index (χ4n) is 3.41. The fourth-order valence-corrected chi connectivity index (χ4v) is 5.07. The van der Waals surface area contributed by atoms with Crippen LogP contribution in [-0.4, -0.2) is 63.0 Å². The Morgan fingerprint density at radius 1 is 1.30 bits per heavy atom. The van der Waals surface area contributed by atoms with E-state index in [2.05, 4.69) is 14.7 Å². The van der Waals surface area contributed by atoms with Crippen LogP contribution in [0.25, 0.3) is 10.8 Å². The number of ether oxygens (including phenoxy) is 1. The molecule has 1 aromatic carbocycles. The SMILES string of the molecule is COC(=O)C1(NS(=O)(=O)c2ccc3c(Cl)cnc(N=C(N)N)c3c2)CCN(C)CC1. The van der Waals surface area contributed by atoms with Crippen molar-refractivity contribution in [2.24, 2.45) is 16.5 Å². The van der Waals surface area contributed by atoms with Crippen molar-refractivity contribution in [1.82, 2.24) is 14.6 Å². The normalized spacial score (nSPS) is 16.9. The number of aromatic nitrogens is 1. The van der Waals surface area contributed by atoms with E-state index in [0.717, 1.165) is 0 Å². The van der Waals surface area contributed by atoms with Crippen LogP contribution in [0.2, 0.25) is 5.02 Å². The molecule has 10 nitrogen and oxygen atoms in total. The predicted molar refractivity (Wildman–Crippen MR) is 114 cm³/mol. The first-order valence-corrected chi connectivity index (χ1v) is 10.9. The van der Waals surface area contributed by atoms with Crippen LogP contribution in [0.15, 0.2) is 34.3 Å². The Labute approximate surface area is 179 Å². The predicted octanol–water partition coefficient (Wildman–Crippen LogP) is 0.709. The second-order valence-corrected chi connectivity index (χ2v) is 9.25. The number of methoxy groups -OCH3 is 1. The Kier molecular flexibility index (Phi) is 6.18. The number of halogens is 1. The Morgan fingerprint density at radius 3 is 2.57 bits per heavy atom. The van der Waals surface area contributed by atoms with Crippen LogP contribution in [0.4, 0.5) is 5.82 Å². The van der Waals surface area contributed by atoms with Crippen molar-refractivity contribution in [1.29, 1.82) is 0 Å². The third-order valence-corrected chi connectivity index (χ3v) is 6.92. The maximum absolute atomic E-state index is 13.2. The first-order chi connectivity index (χ1) is 14.1. The van der Waals surface area contributed by atoms with E-state index in [-0.39, 0.29) is 29.5 Å². The minimum atomic E-state index is -4.09. The number of benzene rings is 1. The molecule has 0 radical (unpaired) electrons. The molecule has 0 saturated carbocycles. The molecule has 12 heteroatoms. The first kappa shape index (κ1) is 22.2. The number of hydrogen-bond acceptors (Lipinski definition) is 7. The monoisotopic (exact) mass is 454 g/mol. The van der Waals surface area contributed by atoms with Crippen molar-refractivity contribution in [3.63, 3.8) is 0 Å². The molecule has 5 N–H and O–H groups in total. The van der Waals surface area contributed by atoms with E-state index < -0.39 is 21.5 Å². The van der Waals surface area contributed by atoms with Gasteiger partial charge >= 0.3 is 5.97 Å². The van der Waals surface area contributed by atoms with Gasteiger partial charge in [0.25, 0.3) is 0 Å². The largest absolute Gasteiger partial charge is 0.468 e. The van der Waals surface area contributed by atoms with Gasteiger partial charge in [0.1, 0.15) is 5.54 Å². The van der Waals surface area contributed by atoms with Gasteiger partial charge in [0.15, 0.2) is 11.8 Å². The zero-order valence-electron chi connectivity index (χ0n) is 16.6. The number of hydrogen-bond donors (Lipinski definition) is 3. The number of sulfonamides is 1. The third kappa shape index (κ3) is 4.33. The van der Waals surface area contributed by atoms with Crippen LogP contribution in [0.1, 0.15) is 12.8 Å². The van der Waals surface area contributed by atoms with Gasteiger partial charge in [-0.25, -0.2) is 13.4 Å². The number of guanidine groups is 1. The molecular formula is C18H23ClN6O4S. The lowest BCUT2D eigenvalue weighted by molar-refractivity contribution is -0.149. The third-order valence-electron chi connectivity index (χ3n) is 5.08. The number of likely N-dealkylation sites (tertiary alicyclic amines) is 1. The lowest BCUT2D eigenvalue weighted by atomic mass is 9.89. The van der Waals surface area contributed by atoms with Crippen LogP contribution in [0.5, 0.6) is 0 Å². The highest BCUT2D eigenvalue weighted by atomic mass is 35.5. The van der Waals surface area contributed by atoms with E-state index in [1.807, 2.05) is 11.9 Å². The Hall–Kier alpha value is -2.47. The topological polar surface area (TPSA) is 153 Å². The molecule has 2 heterocycles. The molecule has 162 valence electrons. The molecule has 30 heavy (non-hydrogen) atoms. The summed E-state index contributed by atoms with van der Waals surface area (Å²) in [6.07, 6.45) is 1.95. The number of esters is 1. The molecule has 3 rings (SSSR count). The summed E-state index contributed by atoms with van der Waals surface area (Å²) in [6, 6.07) is 4.31. The molecule has 0 unspecified atom stereocenters. The van der Waals surface area contributed by atoms with Crippen LogP contribution in [0, 0.1) is 0 Å². The molecule has 1 saturated heterocycles. The highest BCUT2D eigenvalue weighted by Gasteiger charge is 2.45. The van der Waals surface area contributed by atoms with Crippen LogP contribution >= 0.6 is 11.6 Å². The van der Waals surface area contributed by atoms with Crippen molar-refractivity contribution in [3.8, 4) is 0 Å². The van der Waals surface area contributed by atoms with Crippen LogP contribution in [0.3, 0.4) is 0 Å². The van der Waals surface area contributed by atoms with Crippen LogP contribution < -0.4 is 16.2 Å². The summed E-state index contributed by atoms with van der Waals surface area (Å²) in [6.45, 7) is 1.09. The number of nitrogens with zero attached hydrogens (tertiary/aromatic N) is 3. The number of fused-ring (bicyclic) bond motifs is 1. The number of rotatable bonds is 5. The quantitative estimate of drug-likeness (QED) is 0.339. The number of nitrogens with two attached hydrogens (primary N) is 2. The number of aliphatic imine (C=N–C) groups is 1. The highest BCUT2D eigenvalue weighted by Crippen LogP contribution is 2.32. The van der Waals surface area contributed by atoms with Gasteiger partial charge in [-0.05, 0) is 32.0 Å². The molecular weight excluding hydrogens is 432 g/mol. The molecule has 2 aromatic rings. The fraction of sp³-hybridized carbons (Fsp3) is 0.389. The Bertz CT molecular complexity index is 1110. The van der Waals surface area contributed by atoms with Gasteiger partial charge in [0, 0.05) is 30.1 Å². The summed E-state index contributed by atoms with van der Waals surface area (Å²) in [7, 11) is -0.950. The van der Waals surface area contributed by atoms with E-state index in [4.69, 9.17) is 27.8 Å². The van der Waals surface area contributed by atoms with Crippen molar-refractivity contribution in [2.75, 3.05) is 27.2 Å². The van der Waals surface area contributed by atoms with E-state index in [1.165, 1.54) is 25.4 Å². The maximum Gasteiger partial charge on any atom is 0.327 e. The van der Waals surface area contributed by atoms with Crippen molar-refractivity contribution in [3.05, 3.63) is 29.4 Å². The molecule has 1 fully saturated rings. The molecule has 1 aliphatic rings. The lowest BCUT2D eigenvalue weighted by Crippen LogP contribution is -2.59. The first-order valence-electron chi connectivity index (χ1n) is 9.07. The number of nitrogens with one attached hydrogen (secondary N) is 1. The number of carbonyl (C=O) groups is 1. The van der Waals surface area contributed by atoms with E-state index >= 15 is 0 Å². The van der Waals surface area contributed by atoms with E-state index in [0.29, 0.717) is 28.9 Å². The maximum atomic E-state index is 13.2. The van der Waals surface area contributed by atoms with E-state index in [9.17, 15) is 13.2 Å². The molecule has 0 bridgehead atoms. The summed E-state index contributed by atoms with van der Waals surface area (Å²) in [5.41, 5.74) is 9.55. The average Bonchev–Trinajstić information content (AvgIpc) is 2.70. The van der Waals surface area contributed by atoms with Crippen molar-refractivity contribution >= 4 is 50.1 Å². The molecule has 0 amide bonds. The molecule has 1 aromatic heterocycles. The van der Waals surface area contributed by atoms with Gasteiger partial charge in [-0.1, -0.05) is 17.7 Å². The summed E-state index contributed by atoms with van der Waals surface area (Å²) in [5, 5.41) is 1.21. The smallest absolute Gasteiger partial charge is 0.327 e. The van der Waals surface area contributed by atoms with Crippen molar-refractivity contribution < 1.29 is 17.9 Å². The molecule has 0 aliphatic carbocycles. The van der Waals surface area contributed by atoms with Gasteiger partial charge in [0.2, 0.25) is 10.0 Å². The minimum Gasteiger partial charge on any atom is -0.468 e. The summed E-state index contributed by atoms with van der Waals surface area (Å²) < 4.78 is 33.9. The number of piperidine rings is 1. The summed E-state index contributed by atoms with van der Waals surface area (Å²) in [5.74, 6) is -0.715. The Balaban J connectivity index is 2.07. The highest BCUT2D eigenvalue weighted by molar-refractivity contribution is 7.89. The van der Waals surface area contributed by atoms with Gasteiger partial charge in [-0.3, -0.25) is 4.79 Å². The average molecular weight is 455 g/mol. The molecule has 0 atom stereocenters. The molecule has 0 spiro atoms. The van der Waals surface area contributed by atoms with E-state index in [1.54, 1.807) is 6.07 Å². The zero-order valence-corrected chi connectivity index (χ0v) is 18.1. The second kappa shape index (κ2) is 8.34. The summed E-state index contributed by atoms with van der Waals surface area (Å²) >= 11 is 6.18.